The first kappa shape index (κ1) is 14.4. The Morgan fingerprint density at radius 2 is 2.16 bits per heavy atom. The molecule has 0 amide bonds. The van der Waals surface area contributed by atoms with E-state index in [0.29, 0.717) is 11.5 Å². The number of ether oxygens (including phenoxy) is 1. The summed E-state index contributed by atoms with van der Waals surface area (Å²) in [5.74, 6) is 0.982. The molecule has 106 valence electrons. The molecule has 0 aliphatic carbocycles. The topological polar surface area (TPSA) is 21.3 Å². The first-order chi connectivity index (χ1) is 9.26. The second-order valence-electron chi connectivity index (χ2n) is 5.68. The summed E-state index contributed by atoms with van der Waals surface area (Å²) in [6.07, 6.45) is 6.25. The molecular formula is C17H27NO. The van der Waals surface area contributed by atoms with E-state index in [-0.39, 0.29) is 0 Å². The standard InChI is InChI=1S/C17H27NO/c1-4-7-16-17(10-5-2,11-12-18-16)14-8-6-9-15(13-14)19-3/h6,8-9,13,16,18H,4-5,7,10-12H2,1-3H3/t16-,17-/m0/s1. The largest absolute Gasteiger partial charge is 0.497 e. The van der Waals surface area contributed by atoms with Gasteiger partial charge in [0.25, 0.3) is 0 Å². The van der Waals surface area contributed by atoms with Crippen molar-refractivity contribution in [2.45, 2.75) is 57.4 Å². The van der Waals surface area contributed by atoms with Gasteiger partial charge in [0.2, 0.25) is 0 Å². The van der Waals surface area contributed by atoms with E-state index in [1.54, 1.807) is 7.11 Å². The highest BCUT2D eigenvalue weighted by atomic mass is 16.5. The lowest BCUT2D eigenvalue weighted by molar-refractivity contribution is 0.320. The fourth-order valence-corrected chi connectivity index (χ4v) is 3.67. The van der Waals surface area contributed by atoms with Crippen LogP contribution in [0.5, 0.6) is 5.75 Å². The molecular weight excluding hydrogens is 234 g/mol. The summed E-state index contributed by atoms with van der Waals surface area (Å²) in [6.45, 7) is 5.72. The summed E-state index contributed by atoms with van der Waals surface area (Å²) in [5, 5.41) is 3.73. The molecule has 1 aliphatic rings. The van der Waals surface area contributed by atoms with Crippen molar-refractivity contribution in [3.05, 3.63) is 29.8 Å². The second-order valence-corrected chi connectivity index (χ2v) is 5.68. The molecule has 1 heterocycles. The fraction of sp³-hybridized carbons (Fsp3) is 0.647. The van der Waals surface area contributed by atoms with Crippen LogP contribution in [-0.2, 0) is 5.41 Å². The van der Waals surface area contributed by atoms with Gasteiger partial charge < -0.3 is 10.1 Å². The van der Waals surface area contributed by atoms with Gasteiger partial charge in [-0.15, -0.1) is 0 Å². The van der Waals surface area contributed by atoms with Crippen LogP contribution in [0, 0.1) is 0 Å². The summed E-state index contributed by atoms with van der Waals surface area (Å²) in [6, 6.07) is 9.32. The zero-order valence-electron chi connectivity index (χ0n) is 12.5. The maximum atomic E-state index is 5.41. The van der Waals surface area contributed by atoms with Gasteiger partial charge in [0, 0.05) is 11.5 Å². The van der Waals surface area contributed by atoms with E-state index in [0.717, 1.165) is 12.3 Å². The van der Waals surface area contributed by atoms with Gasteiger partial charge in [-0.3, -0.25) is 0 Å². The lowest BCUT2D eigenvalue weighted by Crippen LogP contribution is -2.40. The van der Waals surface area contributed by atoms with Crippen LogP contribution < -0.4 is 10.1 Å². The summed E-state index contributed by atoms with van der Waals surface area (Å²) >= 11 is 0. The normalized spacial score (nSPS) is 26.6. The molecule has 2 rings (SSSR count). The average Bonchev–Trinajstić information content (AvgIpc) is 2.84. The van der Waals surface area contributed by atoms with Crippen LogP contribution in [0.4, 0.5) is 0 Å². The first-order valence-corrected chi connectivity index (χ1v) is 7.64. The van der Waals surface area contributed by atoms with Crippen LogP contribution in [-0.4, -0.2) is 19.7 Å². The molecule has 0 aromatic heterocycles. The quantitative estimate of drug-likeness (QED) is 0.838. The van der Waals surface area contributed by atoms with Crippen LogP contribution in [0.2, 0.25) is 0 Å². The average molecular weight is 261 g/mol. The third-order valence-corrected chi connectivity index (χ3v) is 4.55. The molecule has 1 aliphatic heterocycles. The van der Waals surface area contributed by atoms with Gasteiger partial charge >= 0.3 is 0 Å². The minimum atomic E-state index is 0.305. The van der Waals surface area contributed by atoms with Crippen LogP contribution in [0.25, 0.3) is 0 Å². The van der Waals surface area contributed by atoms with Crippen molar-refractivity contribution in [3.63, 3.8) is 0 Å². The lowest BCUT2D eigenvalue weighted by Gasteiger charge is -2.36. The monoisotopic (exact) mass is 261 g/mol. The van der Waals surface area contributed by atoms with Crippen molar-refractivity contribution >= 4 is 0 Å². The number of benzene rings is 1. The van der Waals surface area contributed by atoms with Crippen molar-refractivity contribution in [3.8, 4) is 5.75 Å². The third kappa shape index (κ3) is 2.79. The molecule has 19 heavy (non-hydrogen) atoms. The summed E-state index contributed by atoms with van der Waals surface area (Å²) < 4.78 is 5.41. The first-order valence-electron chi connectivity index (χ1n) is 7.64. The minimum Gasteiger partial charge on any atom is -0.497 e. The zero-order chi connectivity index (χ0) is 13.7. The van der Waals surface area contributed by atoms with Crippen molar-refractivity contribution in [2.24, 2.45) is 0 Å². The molecule has 0 unspecified atom stereocenters. The van der Waals surface area contributed by atoms with Crippen molar-refractivity contribution in [2.75, 3.05) is 13.7 Å². The van der Waals surface area contributed by atoms with Gasteiger partial charge in [0.1, 0.15) is 5.75 Å². The lowest BCUT2D eigenvalue weighted by atomic mass is 9.70. The van der Waals surface area contributed by atoms with Crippen LogP contribution in [0.15, 0.2) is 24.3 Å². The zero-order valence-corrected chi connectivity index (χ0v) is 12.5. The molecule has 2 atom stereocenters. The van der Waals surface area contributed by atoms with E-state index in [9.17, 15) is 0 Å². The number of nitrogens with one attached hydrogen (secondary N) is 1. The summed E-state index contributed by atoms with van der Waals surface area (Å²) in [7, 11) is 1.75. The Morgan fingerprint density at radius 1 is 1.32 bits per heavy atom. The Bertz CT molecular complexity index is 404. The maximum Gasteiger partial charge on any atom is 0.119 e. The van der Waals surface area contributed by atoms with E-state index in [1.165, 1.54) is 37.7 Å². The Hall–Kier alpha value is -1.02. The van der Waals surface area contributed by atoms with Gasteiger partial charge in [-0.2, -0.15) is 0 Å². The Labute approximate surface area is 117 Å². The molecule has 1 aromatic carbocycles. The van der Waals surface area contributed by atoms with Gasteiger partial charge in [0.05, 0.1) is 7.11 Å². The molecule has 2 heteroatoms. The van der Waals surface area contributed by atoms with E-state index in [2.05, 4.69) is 37.4 Å². The highest BCUT2D eigenvalue weighted by Crippen LogP contribution is 2.42. The fourth-order valence-electron chi connectivity index (χ4n) is 3.67. The van der Waals surface area contributed by atoms with E-state index in [1.807, 2.05) is 6.07 Å². The number of rotatable bonds is 6. The smallest absolute Gasteiger partial charge is 0.119 e. The molecule has 1 N–H and O–H groups in total. The molecule has 0 saturated carbocycles. The SMILES string of the molecule is CCC[C@@H]1NCC[C@@]1(CCC)c1cccc(OC)c1. The summed E-state index contributed by atoms with van der Waals surface area (Å²) in [5.41, 5.74) is 1.76. The van der Waals surface area contributed by atoms with Crippen LogP contribution in [0.3, 0.4) is 0 Å². The second kappa shape index (κ2) is 6.42. The van der Waals surface area contributed by atoms with E-state index in [4.69, 9.17) is 4.74 Å². The Kier molecular flexibility index (Phi) is 4.87. The van der Waals surface area contributed by atoms with Crippen LogP contribution >= 0.6 is 0 Å². The maximum absolute atomic E-state index is 5.41. The highest BCUT2D eigenvalue weighted by molar-refractivity contribution is 5.36. The molecule has 1 aromatic rings. The molecule has 1 fully saturated rings. The Morgan fingerprint density at radius 3 is 2.84 bits per heavy atom. The van der Waals surface area contributed by atoms with Gasteiger partial charge in [-0.1, -0.05) is 38.8 Å². The van der Waals surface area contributed by atoms with Gasteiger partial charge in [-0.05, 0) is 43.5 Å². The number of methoxy groups -OCH3 is 1. The van der Waals surface area contributed by atoms with Crippen molar-refractivity contribution in [1.82, 2.24) is 5.32 Å². The third-order valence-electron chi connectivity index (χ3n) is 4.55. The van der Waals surface area contributed by atoms with E-state index >= 15 is 0 Å². The predicted octanol–water partition coefficient (Wildman–Crippen LogP) is 3.90. The molecule has 1 saturated heterocycles. The van der Waals surface area contributed by atoms with Crippen molar-refractivity contribution in [1.29, 1.82) is 0 Å². The highest BCUT2D eigenvalue weighted by Gasteiger charge is 2.42. The Balaban J connectivity index is 2.36. The van der Waals surface area contributed by atoms with E-state index < -0.39 is 0 Å². The molecule has 2 nitrogen and oxygen atoms in total. The number of hydrogen-bond donors (Lipinski definition) is 1. The van der Waals surface area contributed by atoms with Crippen LogP contribution in [0.1, 0.15) is 51.5 Å². The molecule has 0 spiro atoms. The van der Waals surface area contributed by atoms with Gasteiger partial charge in [-0.25, -0.2) is 0 Å². The summed E-state index contributed by atoms with van der Waals surface area (Å²) in [4.78, 5) is 0. The van der Waals surface area contributed by atoms with Crippen molar-refractivity contribution < 1.29 is 4.74 Å². The molecule has 0 bridgehead atoms. The molecule has 0 radical (unpaired) electrons. The number of hydrogen-bond acceptors (Lipinski definition) is 2. The minimum absolute atomic E-state index is 0.305. The van der Waals surface area contributed by atoms with Gasteiger partial charge in [0.15, 0.2) is 0 Å². The predicted molar refractivity (Wildman–Crippen MR) is 80.9 cm³/mol.